The van der Waals surface area contributed by atoms with Crippen molar-refractivity contribution in [1.82, 2.24) is 20.2 Å². The predicted molar refractivity (Wildman–Crippen MR) is 110 cm³/mol. The summed E-state index contributed by atoms with van der Waals surface area (Å²) in [6.45, 7) is 5.31. The van der Waals surface area contributed by atoms with Crippen LogP contribution in [0.2, 0.25) is 0 Å². The third-order valence-corrected chi connectivity index (χ3v) is 4.61. The van der Waals surface area contributed by atoms with Crippen molar-refractivity contribution in [2.75, 3.05) is 58.4 Å². The van der Waals surface area contributed by atoms with Crippen LogP contribution in [0.25, 0.3) is 0 Å². The quantitative estimate of drug-likeness (QED) is 0.439. The van der Waals surface area contributed by atoms with Crippen LogP contribution < -0.4 is 15.0 Å². The highest BCUT2D eigenvalue weighted by Gasteiger charge is 2.20. The van der Waals surface area contributed by atoms with Gasteiger partial charge in [0.2, 0.25) is 5.95 Å². The number of aliphatic imine (C=N–C) groups is 1. The number of nitrogens with one attached hydrogen (secondary N) is 1. The molecule has 3 rings (SSSR count). The van der Waals surface area contributed by atoms with Crippen molar-refractivity contribution in [3.63, 3.8) is 0 Å². The molecule has 150 valence electrons. The molecule has 0 amide bonds. The summed E-state index contributed by atoms with van der Waals surface area (Å²) in [7, 11) is 3.48. The summed E-state index contributed by atoms with van der Waals surface area (Å²) in [5.41, 5.74) is 1.05. The van der Waals surface area contributed by atoms with Crippen molar-refractivity contribution in [1.29, 1.82) is 0 Å². The van der Waals surface area contributed by atoms with Crippen LogP contribution in [0.1, 0.15) is 5.56 Å². The van der Waals surface area contributed by atoms with E-state index in [1.165, 1.54) is 0 Å². The van der Waals surface area contributed by atoms with Gasteiger partial charge in [-0.2, -0.15) is 0 Å². The summed E-state index contributed by atoms with van der Waals surface area (Å²) in [5.74, 6) is 2.54. The molecule has 0 atom stereocenters. The number of rotatable bonds is 7. The van der Waals surface area contributed by atoms with Crippen LogP contribution in [0.15, 0.2) is 47.7 Å². The maximum Gasteiger partial charge on any atom is 0.225 e. The van der Waals surface area contributed by atoms with Gasteiger partial charge in [-0.15, -0.1) is 0 Å². The fourth-order valence-corrected chi connectivity index (χ4v) is 3.14. The summed E-state index contributed by atoms with van der Waals surface area (Å²) in [6.07, 6.45) is 3.56. The molecule has 8 heteroatoms. The minimum Gasteiger partial charge on any atom is -0.496 e. The van der Waals surface area contributed by atoms with Gasteiger partial charge in [0.25, 0.3) is 0 Å². The molecular weight excluding hydrogens is 356 g/mol. The highest BCUT2D eigenvalue weighted by atomic mass is 16.5. The van der Waals surface area contributed by atoms with Gasteiger partial charge in [-0.1, -0.05) is 18.2 Å². The number of hydrogen-bond donors (Lipinski definition) is 1. The van der Waals surface area contributed by atoms with E-state index in [4.69, 9.17) is 9.47 Å². The lowest BCUT2D eigenvalue weighted by molar-refractivity contribution is 0.123. The lowest BCUT2D eigenvalue weighted by Gasteiger charge is -2.36. The lowest BCUT2D eigenvalue weighted by Crippen LogP contribution is -2.53. The number of nitrogens with zero attached hydrogens (tertiary/aromatic N) is 5. The summed E-state index contributed by atoms with van der Waals surface area (Å²) in [5, 5.41) is 3.38. The van der Waals surface area contributed by atoms with E-state index in [1.807, 2.05) is 37.4 Å². The first-order valence-corrected chi connectivity index (χ1v) is 9.49. The smallest absolute Gasteiger partial charge is 0.225 e. The first-order valence-electron chi connectivity index (χ1n) is 9.49. The Hall–Kier alpha value is -2.87. The fourth-order valence-electron chi connectivity index (χ4n) is 3.14. The standard InChI is InChI=1S/C20H28N6O2/c1-21-19(24-10-15-28-16-17-6-3-4-7-18(17)27-2)25-11-13-26(14-12-25)20-22-8-5-9-23-20/h3-9H,10-16H2,1-2H3,(H,21,24). The monoisotopic (exact) mass is 384 g/mol. The normalized spacial score (nSPS) is 14.9. The number of benzene rings is 1. The third-order valence-electron chi connectivity index (χ3n) is 4.61. The Kier molecular flexibility index (Phi) is 7.43. The van der Waals surface area contributed by atoms with Crippen molar-refractivity contribution in [2.45, 2.75) is 6.61 Å². The summed E-state index contributed by atoms with van der Waals surface area (Å²) in [4.78, 5) is 17.5. The molecule has 2 aromatic rings. The second kappa shape index (κ2) is 10.5. The van der Waals surface area contributed by atoms with Crippen LogP contribution in [-0.4, -0.2) is 74.3 Å². The molecule has 1 aromatic carbocycles. The maximum atomic E-state index is 5.78. The van der Waals surface area contributed by atoms with Gasteiger partial charge < -0.3 is 24.6 Å². The van der Waals surface area contributed by atoms with Crippen LogP contribution >= 0.6 is 0 Å². The Bertz CT molecular complexity index is 747. The Morgan fingerprint density at radius 3 is 2.57 bits per heavy atom. The molecule has 0 aliphatic carbocycles. The van der Waals surface area contributed by atoms with E-state index in [-0.39, 0.29) is 0 Å². The van der Waals surface area contributed by atoms with Crippen LogP contribution in [0.4, 0.5) is 5.95 Å². The van der Waals surface area contributed by atoms with Gasteiger partial charge in [0.15, 0.2) is 5.96 Å². The molecule has 0 unspecified atom stereocenters. The molecule has 1 aliphatic heterocycles. The molecule has 1 aliphatic rings. The average Bonchev–Trinajstić information content (AvgIpc) is 2.77. The molecule has 2 heterocycles. The van der Waals surface area contributed by atoms with Crippen LogP contribution in [-0.2, 0) is 11.3 Å². The minimum absolute atomic E-state index is 0.528. The predicted octanol–water partition coefficient (Wildman–Crippen LogP) is 1.40. The Balaban J connectivity index is 1.38. The van der Waals surface area contributed by atoms with Gasteiger partial charge in [0.05, 0.1) is 20.3 Å². The topological polar surface area (TPSA) is 75.1 Å². The number of ether oxygens (including phenoxy) is 2. The zero-order valence-corrected chi connectivity index (χ0v) is 16.5. The largest absolute Gasteiger partial charge is 0.496 e. The summed E-state index contributed by atoms with van der Waals surface area (Å²) >= 11 is 0. The molecule has 0 radical (unpaired) electrons. The van der Waals surface area contributed by atoms with E-state index < -0.39 is 0 Å². The van der Waals surface area contributed by atoms with Crippen molar-refractivity contribution < 1.29 is 9.47 Å². The maximum absolute atomic E-state index is 5.78. The molecule has 0 saturated carbocycles. The number of piperazine rings is 1. The first-order chi connectivity index (χ1) is 13.8. The minimum atomic E-state index is 0.528. The molecule has 0 spiro atoms. The molecule has 0 bridgehead atoms. The number of anilines is 1. The van der Waals surface area contributed by atoms with Crippen LogP contribution in [0.3, 0.4) is 0 Å². The van der Waals surface area contributed by atoms with Crippen molar-refractivity contribution in [2.24, 2.45) is 4.99 Å². The zero-order valence-electron chi connectivity index (χ0n) is 16.5. The van der Waals surface area contributed by atoms with E-state index >= 15 is 0 Å². The second-order valence-electron chi connectivity index (χ2n) is 6.36. The second-order valence-corrected chi connectivity index (χ2v) is 6.36. The third kappa shape index (κ3) is 5.32. The lowest BCUT2D eigenvalue weighted by atomic mass is 10.2. The van der Waals surface area contributed by atoms with Gasteiger partial charge >= 0.3 is 0 Å². The molecule has 1 saturated heterocycles. The Morgan fingerprint density at radius 1 is 1.11 bits per heavy atom. The van der Waals surface area contributed by atoms with E-state index in [0.717, 1.165) is 49.4 Å². The van der Waals surface area contributed by atoms with E-state index in [9.17, 15) is 0 Å². The molecule has 1 aromatic heterocycles. The molecule has 1 fully saturated rings. The van der Waals surface area contributed by atoms with Gasteiger partial charge in [-0.25, -0.2) is 9.97 Å². The molecular formula is C20H28N6O2. The Morgan fingerprint density at radius 2 is 1.86 bits per heavy atom. The number of para-hydroxylation sites is 1. The highest BCUT2D eigenvalue weighted by molar-refractivity contribution is 5.80. The van der Waals surface area contributed by atoms with Crippen molar-refractivity contribution in [3.8, 4) is 5.75 Å². The van der Waals surface area contributed by atoms with E-state index in [0.29, 0.717) is 19.8 Å². The molecule has 28 heavy (non-hydrogen) atoms. The van der Waals surface area contributed by atoms with Gasteiger partial charge in [-0.05, 0) is 12.1 Å². The van der Waals surface area contributed by atoms with Crippen molar-refractivity contribution >= 4 is 11.9 Å². The number of guanidine groups is 1. The highest BCUT2D eigenvalue weighted by Crippen LogP contribution is 2.17. The molecule has 8 nitrogen and oxygen atoms in total. The average molecular weight is 384 g/mol. The number of methoxy groups -OCH3 is 1. The number of hydrogen-bond acceptors (Lipinski definition) is 6. The van der Waals surface area contributed by atoms with Crippen molar-refractivity contribution in [3.05, 3.63) is 48.3 Å². The fraction of sp³-hybridized carbons (Fsp3) is 0.450. The van der Waals surface area contributed by atoms with Gasteiger partial charge in [0.1, 0.15) is 5.75 Å². The number of aromatic nitrogens is 2. The summed E-state index contributed by atoms with van der Waals surface area (Å²) < 4.78 is 11.1. The van der Waals surface area contributed by atoms with Crippen LogP contribution in [0.5, 0.6) is 5.75 Å². The van der Waals surface area contributed by atoms with Gasteiger partial charge in [-0.3, -0.25) is 4.99 Å². The first kappa shape index (κ1) is 19.9. The zero-order chi connectivity index (χ0) is 19.6. The summed E-state index contributed by atoms with van der Waals surface area (Å²) in [6, 6.07) is 9.74. The van der Waals surface area contributed by atoms with Crippen LogP contribution in [0, 0.1) is 0 Å². The molecule has 1 N–H and O–H groups in total. The van der Waals surface area contributed by atoms with Gasteiger partial charge in [0, 0.05) is 57.7 Å². The van der Waals surface area contributed by atoms with E-state index in [2.05, 4.69) is 30.1 Å². The van der Waals surface area contributed by atoms with E-state index in [1.54, 1.807) is 19.5 Å². The Labute approximate surface area is 166 Å². The SMILES string of the molecule is CN=C(NCCOCc1ccccc1OC)N1CCN(c2ncccn2)CC1.